The van der Waals surface area contributed by atoms with Gasteiger partial charge in [0.1, 0.15) is 12.1 Å². The summed E-state index contributed by atoms with van der Waals surface area (Å²) in [5.41, 5.74) is 2.49. The van der Waals surface area contributed by atoms with Gasteiger partial charge in [0.05, 0.1) is 6.61 Å². The monoisotopic (exact) mass is 257 g/mol. The summed E-state index contributed by atoms with van der Waals surface area (Å²) in [5, 5.41) is 3.27. The minimum Gasteiger partial charge on any atom is -0.478 e. The average Bonchev–Trinajstić information content (AvgIpc) is 2.45. The normalized spacial score (nSPS) is 10.2. The summed E-state index contributed by atoms with van der Waals surface area (Å²) in [4.78, 5) is 8.25. The summed E-state index contributed by atoms with van der Waals surface area (Å²) < 4.78 is 5.47. The molecular formula is C15H19N3O. The molecule has 100 valence electrons. The molecule has 0 radical (unpaired) electrons. The largest absolute Gasteiger partial charge is 0.478 e. The number of hydrogen-bond acceptors (Lipinski definition) is 4. The van der Waals surface area contributed by atoms with E-state index in [4.69, 9.17) is 4.74 Å². The molecule has 19 heavy (non-hydrogen) atoms. The van der Waals surface area contributed by atoms with Crippen molar-refractivity contribution in [3.63, 3.8) is 0 Å². The van der Waals surface area contributed by atoms with Gasteiger partial charge in [-0.1, -0.05) is 36.8 Å². The predicted octanol–water partition coefficient (Wildman–Crippen LogP) is 3.19. The molecule has 0 aliphatic heterocycles. The zero-order valence-corrected chi connectivity index (χ0v) is 11.4. The van der Waals surface area contributed by atoms with Crippen LogP contribution < -0.4 is 10.1 Å². The molecule has 4 heteroatoms. The van der Waals surface area contributed by atoms with Gasteiger partial charge in [-0.2, -0.15) is 0 Å². The highest BCUT2D eigenvalue weighted by atomic mass is 16.5. The molecule has 1 heterocycles. The maximum atomic E-state index is 5.47. The van der Waals surface area contributed by atoms with Crippen LogP contribution in [-0.2, 0) is 6.54 Å². The number of aromatic nitrogens is 2. The van der Waals surface area contributed by atoms with E-state index in [1.165, 1.54) is 17.5 Å². The van der Waals surface area contributed by atoms with E-state index in [0.717, 1.165) is 18.8 Å². The number of nitrogens with zero attached hydrogens (tertiary/aromatic N) is 2. The highest BCUT2D eigenvalue weighted by Crippen LogP contribution is 2.12. The lowest BCUT2D eigenvalue weighted by molar-refractivity contribution is 0.305. The minimum absolute atomic E-state index is 0.614. The molecular weight excluding hydrogens is 238 g/mol. The molecule has 1 aromatic heterocycles. The van der Waals surface area contributed by atoms with Gasteiger partial charge in [0.15, 0.2) is 0 Å². The van der Waals surface area contributed by atoms with E-state index in [1.54, 1.807) is 0 Å². The number of hydrogen-bond donors (Lipinski definition) is 1. The quantitative estimate of drug-likeness (QED) is 0.863. The first-order chi connectivity index (χ1) is 9.28. The van der Waals surface area contributed by atoms with Crippen LogP contribution in [0.5, 0.6) is 5.88 Å². The molecule has 1 N–H and O–H groups in total. The third kappa shape index (κ3) is 4.25. The van der Waals surface area contributed by atoms with E-state index in [9.17, 15) is 0 Å². The summed E-state index contributed by atoms with van der Waals surface area (Å²) in [6.07, 6.45) is 2.48. The van der Waals surface area contributed by atoms with Crippen molar-refractivity contribution in [1.29, 1.82) is 0 Å². The zero-order chi connectivity index (χ0) is 13.5. The van der Waals surface area contributed by atoms with Crippen LogP contribution in [0.3, 0.4) is 0 Å². The molecule has 4 nitrogen and oxygen atoms in total. The van der Waals surface area contributed by atoms with E-state index >= 15 is 0 Å². The van der Waals surface area contributed by atoms with Crippen molar-refractivity contribution in [2.24, 2.45) is 0 Å². The van der Waals surface area contributed by atoms with Crippen molar-refractivity contribution in [2.75, 3.05) is 11.9 Å². The van der Waals surface area contributed by atoms with Gasteiger partial charge in [-0.25, -0.2) is 9.97 Å². The van der Waals surface area contributed by atoms with Crippen LogP contribution in [0.25, 0.3) is 0 Å². The van der Waals surface area contributed by atoms with Crippen molar-refractivity contribution < 1.29 is 4.74 Å². The predicted molar refractivity (Wildman–Crippen MR) is 76.3 cm³/mol. The van der Waals surface area contributed by atoms with E-state index in [-0.39, 0.29) is 0 Å². The van der Waals surface area contributed by atoms with E-state index < -0.39 is 0 Å². The van der Waals surface area contributed by atoms with Crippen molar-refractivity contribution >= 4 is 5.82 Å². The van der Waals surface area contributed by atoms with Crippen LogP contribution in [0.1, 0.15) is 24.5 Å². The highest BCUT2D eigenvalue weighted by molar-refractivity contribution is 5.38. The Balaban J connectivity index is 1.93. The Labute approximate surface area is 113 Å². The molecule has 2 rings (SSSR count). The number of ether oxygens (including phenoxy) is 1. The second-order valence-corrected chi connectivity index (χ2v) is 4.43. The van der Waals surface area contributed by atoms with Gasteiger partial charge >= 0.3 is 0 Å². The molecule has 0 atom stereocenters. The Kier molecular flexibility index (Phi) is 4.72. The van der Waals surface area contributed by atoms with Crippen molar-refractivity contribution in [2.45, 2.75) is 26.8 Å². The Morgan fingerprint density at radius 1 is 1.16 bits per heavy atom. The standard InChI is InChI=1S/C15H19N3O/c1-3-8-19-15-9-14(17-11-18-15)16-10-13-6-4-12(2)5-7-13/h4-7,9,11H,3,8,10H2,1-2H3,(H,16,17,18). The number of aryl methyl sites for hydroxylation is 1. The Bertz CT molecular complexity index is 511. The lowest BCUT2D eigenvalue weighted by Gasteiger charge is -2.08. The van der Waals surface area contributed by atoms with Gasteiger partial charge in [0, 0.05) is 12.6 Å². The zero-order valence-electron chi connectivity index (χ0n) is 11.4. The molecule has 0 spiro atoms. The molecule has 0 bridgehead atoms. The first kappa shape index (κ1) is 13.3. The van der Waals surface area contributed by atoms with Gasteiger partial charge < -0.3 is 10.1 Å². The summed E-state index contributed by atoms with van der Waals surface area (Å²) in [6.45, 7) is 5.57. The molecule has 1 aromatic carbocycles. The SMILES string of the molecule is CCCOc1cc(NCc2ccc(C)cc2)ncn1. The first-order valence-corrected chi connectivity index (χ1v) is 6.52. The first-order valence-electron chi connectivity index (χ1n) is 6.52. The molecule has 0 saturated carbocycles. The fraction of sp³-hybridized carbons (Fsp3) is 0.333. The second kappa shape index (κ2) is 6.73. The van der Waals surface area contributed by atoms with Gasteiger partial charge in [-0.05, 0) is 18.9 Å². The smallest absolute Gasteiger partial charge is 0.218 e. The third-order valence-electron chi connectivity index (χ3n) is 2.69. The number of nitrogens with one attached hydrogen (secondary N) is 1. The second-order valence-electron chi connectivity index (χ2n) is 4.43. The van der Waals surface area contributed by atoms with E-state index in [1.807, 2.05) is 6.07 Å². The molecule has 0 aliphatic rings. The van der Waals surface area contributed by atoms with Crippen LogP contribution in [-0.4, -0.2) is 16.6 Å². The minimum atomic E-state index is 0.614. The molecule has 0 aliphatic carbocycles. The number of benzene rings is 1. The molecule has 0 saturated heterocycles. The maximum absolute atomic E-state index is 5.47. The fourth-order valence-corrected chi connectivity index (χ4v) is 1.62. The van der Waals surface area contributed by atoms with Gasteiger partial charge in [0.2, 0.25) is 5.88 Å². The molecule has 2 aromatic rings. The maximum Gasteiger partial charge on any atom is 0.218 e. The summed E-state index contributed by atoms with van der Waals surface area (Å²) in [7, 11) is 0. The van der Waals surface area contributed by atoms with Crippen molar-refractivity contribution in [3.8, 4) is 5.88 Å². The van der Waals surface area contributed by atoms with Crippen molar-refractivity contribution in [3.05, 3.63) is 47.8 Å². The highest BCUT2D eigenvalue weighted by Gasteiger charge is 1.99. The Hall–Kier alpha value is -2.10. The fourth-order valence-electron chi connectivity index (χ4n) is 1.62. The van der Waals surface area contributed by atoms with Crippen LogP contribution in [0.2, 0.25) is 0 Å². The third-order valence-corrected chi connectivity index (χ3v) is 2.69. The average molecular weight is 257 g/mol. The van der Waals surface area contributed by atoms with Gasteiger partial charge in [0.25, 0.3) is 0 Å². The lowest BCUT2D eigenvalue weighted by atomic mass is 10.1. The van der Waals surface area contributed by atoms with Crippen LogP contribution >= 0.6 is 0 Å². The van der Waals surface area contributed by atoms with E-state index in [2.05, 4.69) is 53.4 Å². The number of rotatable bonds is 6. The van der Waals surface area contributed by atoms with Crippen LogP contribution in [0.4, 0.5) is 5.82 Å². The van der Waals surface area contributed by atoms with E-state index in [0.29, 0.717) is 12.5 Å². The van der Waals surface area contributed by atoms with Crippen molar-refractivity contribution in [1.82, 2.24) is 9.97 Å². The summed E-state index contributed by atoms with van der Waals surface area (Å²) in [6, 6.07) is 10.2. The van der Waals surface area contributed by atoms with Crippen LogP contribution in [0.15, 0.2) is 36.7 Å². The Morgan fingerprint density at radius 2 is 1.95 bits per heavy atom. The summed E-state index contributed by atoms with van der Waals surface area (Å²) in [5.74, 6) is 1.39. The molecule has 0 unspecified atom stereocenters. The summed E-state index contributed by atoms with van der Waals surface area (Å²) >= 11 is 0. The molecule has 0 amide bonds. The topological polar surface area (TPSA) is 47.0 Å². The number of anilines is 1. The van der Waals surface area contributed by atoms with Gasteiger partial charge in [-0.15, -0.1) is 0 Å². The Morgan fingerprint density at radius 3 is 2.68 bits per heavy atom. The lowest BCUT2D eigenvalue weighted by Crippen LogP contribution is -2.03. The molecule has 0 fully saturated rings. The van der Waals surface area contributed by atoms with Gasteiger partial charge in [-0.3, -0.25) is 0 Å². The van der Waals surface area contributed by atoms with Crippen LogP contribution in [0, 0.1) is 6.92 Å².